The number of carbonyl (C=O) groups is 2. The number of hydrogen-bond donors (Lipinski definition) is 3. The Hall–Kier alpha value is -2.47. The van der Waals surface area contributed by atoms with Gasteiger partial charge in [0, 0.05) is 27.9 Å². The van der Waals surface area contributed by atoms with Gasteiger partial charge >= 0.3 is 6.03 Å². The molecule has 6 heteroatoms. The number of anilines is 1. The number of nitrogens with one attached hydrogen (secondary N) is 2. The Kier molecular flexibility index (Phi) is 6.17. The number of carbonyl (C=O) groups excluding carboxylic acids is 2. The van der Waals surface area contributed by atoms with Gasteiger partial charge in [0.25, 0.3) is 5.91 Å². The van der Waals surface area contributed by atoms with Crippen LogP contribution < -0.4 is 16.4 Å². The lowest BCUT2D eigenvalue weighted by Crippen LogP contribution is -2.28. The van der Waals surface area contributed by atoms with Gasteiger partial charge in [0.15, 0.2) is 0 Å². The summed E-state index contributed by atoms with van der Waals surface area (Å²) in [5.74, 6) is -0.157. The summed E-state index contributed by atoms with van der Waals surface area (Å²) >= 11 is 1.93. The standard InChI is InChI=1S/C20H23N3O2S/c21-20(25)22-13-14-5-7-15(8-6-14)19(24)23-16-9-11-18(12-10-16)26-17-3-1-2-4-17/h5-12,17H,1-4,13H2,(H,23,24)(H3,21,22,25). The smallest absolute Gasteiger partial charge is 0.312 e. The number of thioether (sulfide) groups is 1. The topological polar surface area (TPSA) is 84.2 Å². The third-order valence-corrected chi connectivity index (χ3v) is 5.75. The van der Waals surface area contributed by atoms with E-state index in [-0.39, 0.29) is 5.91 Å². The van der Waals surface area contributed by atoms with E-state index in [2.05, 4.69) is 22.8 Å². The molecular weight excluding hydrogens is 346 g/mol. The van der Waals surface area contributed by atoms with Crippen LogP contribution in [-0.4, -0.2) is 17.2 Å². The first-order chi connectivity index (χ1) is 12.6. The number of nitrogens with two attached hydrogens (primary N) is 1. The maximum absolute atomic E-state index is 12.3. The van der Waals surface area contributed by atoms with Crippen molar-refractivity contribution in [3.05, 3.63) is 59.7 Å². The van der Waals surface area contributed by atoms with Gasteiger partial charge in [0.1, 0.15) is 0 Å². The fourth-order valence-corrected chi connectivity index (χ4v) is 4.23. The zero-order valence-electron chi connectivity index (χ0n) is 14.5. The summed E-state index contributed by atoms with van der Waals surface area (Å²) in [6, 6.07) is 14.5. The summed E-state index contributed by atoms with van der Waals surface area (Å²) in [6.07, 6.45) is 5.27. The molecule has 4 N–H and O–H groups in total. The van der Waals surface area contributed by atoms with Crippen LogP contribution in [0.1, 0.15) is 41.6 Å². The molecule has 3 rings (SSSR count). The van der Waals surface area contributed by atoms with Crippen LogP contribution in [0.3, 0.4) is 0 Å². The second-order valence-corrected chi connectivity index (χ2v) is 7.79. The molecule has 0 unspecified atom stereocenters. The van der Waals surface area contributed by atoms with Crippen LogP contribution in [0.4, 0.5) is 10.5 Å². The molecule has 2 aromatic rings. The quantitative estimate of drug-likeness (QED) is 0.715. The number of amides is 3. The third-order valence-electron chi connectivity index (χ3n) is 4.40. The number of primary amides is 1. The van der Waals surface area contributed by atoms with E-state index in [0.717, 1.165) is 16.5 Å². The first kappa shape index (κ1) is 18.3. The Bertz CT molecular complexity index is 754. The maximum atomic E-state index is 12.3. The van der Waals surface area contributed by atoms with Gasteiger partial charge < -0.3 is 16.4 Å². The summed E-state index contributed by atoms with van der Waals surface area (Å²) < 4.78 is 0. The van der Waals surface area contributed by atoms with Crippen molar-refractivity contribution < 1.29 is 9.59 Å². The fourth-order valence-electron chi connectivity index (χ4n) is 2.98. The Balaban J connectivity index is 1.54. The molecule has 1 fully saturated rings. The molecule has 5 nitrogen and oxygen atoms in total. The van der Waals surface area contributed by atoms with E-state index in [0.29, 0.717) is 12.1 Å². The van der Waals surface area contributed by atoms with Crippen molar-refractivity contribution in [2.75, 3.05) is 5.32 Å². The predicted octanol–water partition coefficient (Wildman–Crippen LogP) is 4.14. The van der Waals surface area contributed by atoms with Crippen molar-refractivity contribution in [2.45, 2.75) is 42.4 Å². The molecule has 1 saturated carbocycles. The summed E-state index contributed by atoms with van der Waals surface area (Å²) in [5.41, 5.74) is 7.28. The van der Waals surface area contributed by atoms with Crippen LogP contribution in [0.2, 0.25) is 0 Å². The average molecular weight is 369 g/mol. The number of rotatable bonds is 6. The zero-order chi connectivity index (χ0) is 18.4. The molecule has 0 atom stereocenters. The Morgan fingerprint density at radius 3 is 2.27 bits per heavy atom. The molecular formula is C20H23N3O2S. The highest BCUT2D eigenvalue weighted by atomic mass is 32.2. The second-order valence-electron chi connectivity index (χ2n) is 6.42. The van der Waals surface area contributed by atoms with Gasteiger partial charge in [0.05, 0.1) is 0 Å². The lowest BCUT2D eigenvalue weighted by Gasteiger charge is -2.10. The largest absolute Gasteiger partial charge is 0.352 e. The van der Waals surface area contributed by atoms with Crippen molar-refractivity contribution in [2.24, 2.45) is 5.73 Å². The van der Waals surface area contributed by atoms with Crippen LogP contribution in [0, 0.1) is 0 Å². The normalized spacial score (nSPS) is 14.2. The number of urea groups is 1. The van der Waals surface area contributed by atoms with E-state index in [1.807, 2.05) is 23.9 Å². The first-order valence-electron chi connectivity index (χ1n) is 8.80. The van der Waals surface area contributed by atoms with E-state index in [9.17, 15) is 9.59 Å². The minimum absolute atomic E-state index is 0.157. The third kappa shape index (κ3) is 5.26. The van der Waals surface area contributed by atoms with E-state index >= 15 is 0 Å². The van der Waals surface area contributed by atoms with Gasteiger partial charge in [-0.15, -0.1) is 11.8 Å². The molecule has 0 heterocycles. The average Bonchev–Trinajstić information content (AvgIpc) is 3.15. The number of hydrogen-bond acceptors (Lipinski definition) is 3. The highest BCUT2D eigenvalue weighted by Crippen LogP contribution is 2.34. The van der Waals surface area contributed by atoms with E-state index in [1.54, 1.807) is 24.3 Å². The minimum atomic E-state index is -0.568. The molecule has 1 aliphatic rings. The monoisotopic (exact) mass is 369 g/mol. The molecule has 2 aromatic carbocycles. The SMILES string of the molecule is NC(=O)NCc1ccc(C(=O)Nc2ccc(SC3CCCC3)cc2)cc1. The van der Waals surface area contributed by atoms with Crippen molar-refractivity contribution in [3.63, 3.8) is 0 Å². The summed E-state index contributed by atoms with van der Waals surface area (Å²) in [5, 5.41) is 6.16. The van der Waals surface area contributed by atoms with Gasteiger partial charge in [-0.2, -0.15) is 0 Å². The Labute approximate surface area is 157 Å². The molecule has 0 saturated heterocycles. The molecule has 136 valence electrons. The van der Waals surface area contributed by atoms with E-state index < -0.39 is 6.03 Å². The van der Waals surface area contributed by atoms with Crippen molar-refractivity contribution in [1.29, 1.82) is 0 Å². The van der Waals surface area contributed by atoms with Crippen LogP contribution in [0.5, 0.6) is 0 Å². The molecule has 0 bridgehead atoms. The highest BCUT2D eigenvalue weighted by molar-refractivity contribution is 8.00. The Morgan fingerprint density at radius 1 is 1.00 bits per heavy atom. The van der Waals surface area contributed by atoms with Gasteiger partial charge in [-0.25, -0.2) is 4.79 Å². The molecule has 1 aliphatic carbocycles. The number of benzene rings is 2. The summed E-state index contributed by atoms with van der Waals surface area (Å²) in [4.78, 5) is 24.3. The van der Waals surface area contributed by atoms with Crippen molar-refractivity contribution >= 4 is 29.4 Å². The first-order valence-corrected chi connectivity index (χ1v) is 9.68. The van der Waals surface area contributed by atoms with E-state index in [1.165, 1.54) is 30.6 Å². The van der Waals surface area contributed by atoms with Crippen LogP contribution in [-0.2, 0) is 6.54 Å². The summed E-state index contributed by atoms with van der Waals surface area (Å²) in [7, 11) is 0. The molecule has 3 amide bonds. The molecule has 0 spiro atoms. The minimum Gasteiger partial charge on any atom is -0.352 e. The molecule has 0 aliphatic heterocycles. The van der Waals surface area contributed by atoms with Crippen LogP contribution >= 0.6 is 11.8 Å². The lowest BCUT2D eigenvalue weighted by molar-refractivity contribution is 0.102. The van der Waals surface area contributed by atoms with Gasteiger partial charge in [-0.1, -0.05) is 25.0 Å². The molecule has 0 aromatic heterocycles. The van der Waals surface area contributed by atoms with E-state index in [4.69, 9.17) is 5.73 Å². The van der Waals surface area contributed by atoms with Gasteiger partial charge in [-0.05, 0) is 54.8 Å². The Morgan fingerprint density at radius 2 is 1.65 bits per heavy atom. The second kappa shape index (κ2) is 8.76. The van der Waals surface area contributed by atoms with Gasteiger partial charge in [0.2, 0.25) is 0 Å². The van der Waals surface area contributed by atoms with Gasteiger partial charge in [-0.3, -0.25) is 4.79 Å². The van der Waals surface area contributed by atoms with Crippen molar-refractivity contribution in [3.8, 4) is 0 Å². The maximum Gasteiger partial charge on any atom is 0.312 e. The van der Waals surface area contributed by atoms with Crippen molar-refractivity contribution in [1.82, 2.24) is 5.32 Å². The highest BCUT2D eigenvalue weighted by Gasteiger charge is 2.16. The molecule has 26 heavy (non-hydrogen) atoms. The summed E-state index contributed by atoms with van der Waals surface area (Å²) in [6.45, 7) is 0.345. The zero-order valence-corrected chi connectivity index (χ0v) is 15.4. The molecule has 0 radical (unpaired) electrons. The fraction of sp³-hybridized carbons (Fsp3) is 0.300. The predicted molar refractivity (Wildman–Crippen MR) is 105 cm³/mol. The van der Waals surface area contributed by atoms with Crippen LogP contribution in [0.25, 0.3) is 0 Å². The van der Waals surface area contributed by atoms with Crippen LogP contribution in [0.15, 0.2) is 53.4 Å². The lowest BCUT2D eigenvalue weighted by atomic mass is 10.1.